The molecule has 1 aromatic carbocycles. The van der Waals surface area contributed by atoms with Gasteiger partial charge in [0.15, 0.2) is 0 Å². The van der Waals surface area contributed by atoms with Crippen LogP contribution in [0.5, 0.6) is 5.75 Å². The lowest BCUT2D eigenvalue weighted by Gasteiger charge is -2.09. The second kappa shape index (κ2) is 7.47. The quantitative estimate of drug-likeness (QED) is 0.780. The fourth-order valence-corrected chi connectivity index (χ4v) is 2.48. The van der Waals surface area contributed by atoms with Crippen LogP contribution in [0.2, 0.25) is 0 Å². The van der Waals surface area contributed by atoms with Gasteiger partial charge in [-0.15, -0.1) is 0 Å². The Bertz CT molecular complexity index is 523. The first kappa shape index (κ1) is 15.9. The van der Waals surface area contributed by atoms with Gasteiger partial charge >= 0.3 is 6.18 Å². The molecule has 0 saturated heterocycles. The highest BCUT2D eigenvalue weighted by atomic mass is 32.1. The lowest BCUT2D eigenvalue weighted by Crippen LogP contribution is -2.23. The van der Waals surface area contributed by atoms with Crippen LogP contribution in [-0.4, -0.2) is 19.7 Å². The fraction of sp³-hybridized carbons (Fsp3) is 0.333. The predicted octanol–water partition coefficient (Wildman–Crippen LogP) is 3.98. The van der Waals surface area contributed by atoms with Crippen molar-refractivity contribution in [2.45, 2.75) is 12.6 Å². The molecule has 0 spiro atoms. The van der Waals surface area contributed by atoms with Crippen molar-refractivity contribution in [2.75, 3.05) is 19.7 Å². The minimum Gasteiger partial charge on any atom is -0.492 e. The molecular formula is C15H16F3NOS. The molecule has 1 heterocycles. The van der Waals surface area contributed by atoms with E-state index in [4.69, 9.17) is 4.74 Å². The molecule has 1 N–H and O–H groups in total. The van der Waals surface area contributed by atoms with E-state index in [0.29, 0.717) is 18.9 Å². The number of halogens is 3. The summed E-state index contributed by atoms with van der Waals surface area (Å²) in [4.78, 5) is 0. The third-order valence-corrected chi connectivity index (χ3v) is 3.63. The van der Waals surface area contributed by atoms with Gasteiger partial charge in [-0.1, -0.05) is 0 Å². The fourth-order valence-electron chi connectivity index (χ4n) is 1.77. The van der Waals surface area contributed by atoms with Crippen molar-refractivity contribution in [3.05, 3.63) is 52.2 Å². The normalized spacial score (nSPS) is 11.6. The summed E-state index contributed by atoms with van der Waals surface area (Å²) in [6.07, 6.45) is -3.34. The number of nitrogens with one attached hydrogen (secondary N) is 1. The van der Waals surface area contributed by atoms with Crippen LogP contribution in [-0.2, 0) is 12.6 Å². The van der Waals surface area contributed by atoms with Crippen LogP contribution in [0.4, 0.5) is 13.2 Å². The first-order chi connectivity index (χ1) is 10.1. The number of hydrogen-bond donors (Lipinski definition) is 1. The summed E-state index contributed by atoms with van der Waals surface area (Å²) in [6, 6.07) is 6.83. The summed E-state index contributed by atoms with van der Waals surface area (Å²) in [7, 11) is 0. The molecule has 21 heavy (non-hydrogen) atoms. The monoisotopic (exact) mass is 315 g/mol. The minimum absolute atomic E-state index is 0.426. The molecular weight excluding hydrogens is 299 g/mol. The molecule has 0 unspecified atom stereocenters. The Morgan fingerprint density at radius 3 is 2.43 bits per heavy atom. The summed E-state index contributed by atoms with van der Waals surface area (Å²) in [5.41, 5.74) is 0.639. The minimum atomic E-state index is -4.30. The maximum Gasteiger partial charge on any atom is 0.416 e. The predicted molar refractivity (Wildman–Crippen MR) is 77.8 cm³/mol. The van der Waals surface area contributed by atoms with E-state index in [1.54, 1.807) is 11.3 Å². The second-order valence-electron chi connectivity index (χ2n) is 4.50. The van der Waals surface area contributed by atoms with Crippen molar-refractivity contribution in [3.63, 3.8) is 0 Å². The molecule has 0 radical (unpaired) electrons. The van der Waals surface area contributed by atoms with Gasteiger partial charge < -0.3 is 10.1 Å². The van der Waals surface area contributed by atoms with Gasteiger partial charge in [0.2, 0.25) is 0 Å². The number of thiophene rings is 1. The standard InChI is InChI=1S/C15H16F3NOS/c16-15(17,18)13-1-3-14(4-2-13)20-9-8-19-7-5-12-6-10-21-11-12/h1-4,6,10-11,19H,5,7-9H2. The number of alkyl halides is 3. The van der Waals surface area contributed by atoms with Gasteiger partial charge in [0.25, 0.3) is 0 Å². The molecule has 2 rings (SSSR count). The zero-order valence-corrected chi connectivity index (χ0v) is 12.1. The number of benzene rings is 1. The van der Waals surface area contributed by atoms with Crippen molar-refractivity contribution >= 4 is 11.3 Å². The van der Waals surface area contributed by atoms with Gasteiger partial charge in [-0.25, -0.2) is 0 Å². The van der Waals surface area contributed by atoms with Gasteiger partial charge in [-0.05, 0) is 59.6 Å². The second-order valence-corrected chi connectivity index (χ2v) is 5.28. The molecule has 1 aromatic heterocycles. The van der Waals surface area contributed by atoms with E-state index in [0.717, 1.165) is 25.1 Å². The molecule has 0 amide bonds. The Morgan fingerprint density at radius 2 is 1.81 bits per heavy atom. The van der Waals surface area contributed by atoms with Crippen molar-refractivity contribution < 1.29 is 17.9 Å². The van der Waals surface area contributed by atoms with E-state index < -0.39 is 11.7 Å². The smallest absolute Gasteiger partial charge is 0.416 e. The molecule has 0 aliphatic heterocycles. The molecule has 2 aromatic rings. The summed E-state index contributed by atoms with van der Waals surface area (Å²) in [6.45, 7) is 1.94. The zero-order chi connectivity index (χ0) is 15.1. The van der Waals surface area contributed by atoms with Crippen LogP contribution in [0.15, 0.2) is 41.1 Å². The average molecular weight is 315 g/mol. The highest BCUT2D eigenvalue weighted by Gasteiger charge is 2.29. The molecule has 114 valence electrons. The largest absolute Gasteiger partial charge is 0.492 e. The zero-order valence-electron chi connectivity index (χ0n) is 11.3. The molecule has 2 nitrogen and oxygen atoms in total. The molecule has 0 aliphatic rings. The van der Waals surface area contributed by atoms with E-state index in [-0.39, 0.29) is 0 Å². The third kappa shape index (κ3) is 5.40. The average Bonchev–Trinajstić information content (AvgIpc) is 2.95. The van der Waals surface area contributed by atoms with E-state index in [1.807, 2.05) is 5.38 Å². The van der Waals surface area contributed by atoms with Crippen LogP contribution >= 0.6 is 11.3 Å². The summed E-state index contributed by atoms with van der Waals surface area (Å²) < 4.78 is 42.5. The van der Waals surface area contributed by atoms with Crippen LogP contribution in [0.1, 0.15) is 11.1 Å². The van der Waals surface area contributed by atoms with Gasteiger partial charge in [0, 0.05) is 6.54 Å². The first-order valence-corrected chi connectivity index (χ1v) is 7.52. The number of hydrogen-bond acceptors (Lipinski definition) is 3. The Hall–Kier alpha value is -1.53. The van der Waals surface area contributed by atoms with Crippen LogP contribution in [0.3, 0.4) is 0 Å². The van der Waals surface area contributed by atoms with Crippen molar-refractivity contribution in [2.24, 2.45) is 0 Å². The van der Waals surface area contributed by atoms with Crippen LogP contribution in [0, 0.1) is 0 Å². The van der Waals surface area contributed by atoms with Gasteiger partial charge in [-0.2, -0.15) is 24.5 Å². The maximum atomic E-state index is 12.4. The molecule has 6 heteroatoms. The molecule has 0 aliphatic carbocycles. The Labute approximate surface area is 125 Å². The Kier molecular flexibility index (Phi) is 5.64. The third-order valence-electron chi connectivity index (χ3n) is 2.90. The van der Waals surface area contributed by atoms with Gasteiger partial charge in [0.1, 0.15) is 12.4 Å². The van der Waals surface area contributed by atoms with Crippen molar-refractivity contribution in [1.82, 2.24) is 5.32 Å². The Balaban J connectivity index is 1.62. The lowest BCUT2D eigenvalue weighted by molar-refractivity contribution is -0.137. The van der Waals surface area contributed by atoms with E-state index in [9.17, 15) is 13.2 Å². The molecule has 0 fully saturated rings. The Morgan fingerprint density at radius 1 is 1.05 bits per heavy atom. The summed E-state index contributed by atoms with van der Waals surface area (Å²) in [5.74, 6) is 0.447. The number of ether oxygens (including phenoxy) is 1. The molecule has 0 atom stereocenters. The first-order valence-electron chi connectivity index (χ1n) is 6.57. The summed E-state index contributed by atoms with van der Waals surface area (Å²) >= 11 is 1.68. The van der Waals surface area contributed by atoms with E-state index in [2.05, 4.69) is 16.8 Å². The maximum absolute atomic E-state index is 12.4. The highest BCUT2D eigenvalue weighted by Crippen LogP contribution is 2.30. The van der Waals surface area contributed by atoms with Gasteiger partial charge in [0.05, 0.1) is 5.56 Å². The van der Waals surface area contributed by atoms with Crippen molar-refractivity contribution in [3.8, 4) is 5.75 Å². The highest BCUT2D eigenvalue weighted by molar-refractivity contribution is 7.07. The lowest BCUT2D eigenvalue weighted by atomic mass is 10.2. The van der Waals surface area contributed by atoms with Crippen LogP contribution in [0.25, 0.3) is 0 Å². The van der Waals surface area contributed by atoms with E-state index in [1.165, 1.54) is 17.7 Å². The van der Waals surface area contributed by atoms with Gasteiger partial charge in [-0.3, -0.25) is 0 Å². The summed E-state index contributed by atoms with van der Waals surface area (Å²) in [5, 5.41) is 7.39. The molecule has 0 bridgehead atoms. The SMILES string of the molecule is FC(F)(F)c1ccc(OCCNCCc2ccsc2)cc1. The van der Waals surface area contributed by atoms with E-state index >= 15 is 0 Å². The number of rotatable bonds is 7. The van der Waals surface area contributed by atoms with Crippen molar-refractivity contribution in [1.29, 1.82) is 0 Å². The topological polar surface area (TPSA) is 21.3 Å². The van der Waals surface area contributed by atoms with Crippen LogP contribution < -0.4 is 10.1 Å². The molecule has 0 saturated carbocycles.